The second-order valence-corrected chi connectivity index (χ2v) is 5.04. The molecule has 1 aromatic rings. The molecular weight excluding hydrogens is 298 g/mol. The summed E-state index contributed by atoms with van der Waals surface area (Å²) in [5, 5.41) is -0.0993. The van der Waals surface area contributed by atoms with Gasteiger partial charge in [0.25, 0.3) is 0 Å². The molecular formula is C13H13ClF4NO. The summed E-state index contributed by atoms with van der Waals surface area (Å²) in [5.74, 6) is -0.759. The predicted molar refractivity (Wildman–Crippen MR) is 66.7 cm³/mol. The summed E-state index contributed by atoms with van der Waals surface area (Å²) in [4.78, 5) is 1.21. The molecule has 1 heterocycles. The largest absolute Gasteiger partial charge is 0.493 e. The second-order valence-electron chi connectivity index (χ2n) is 4.63. The molecule has 7 heteroatoms. The molecule has 1 saturated heterocycles. The van der Waals surface area contributed by atoms with Gasteiger partial charge in [-0.2, -0.15) is 13.2 Å². The van der Waals surface area contributed by atoms with E-state index in [4.69, 9.17) is 16.3 Å². The first-order valence-electron chi connectivity index (χ1n) is 6.13. The van der Waals surface area contributed by atoms with Crippen molar-refractivity contribution in [2.75, 3.05) is 26.2 Å². The molecule has 0 atom stereocenters. The predicted octanol–water partition coefficient (Wildman–Crippen LogP) is 3.64. The van der Waals surface area contributed by atoms with E-state index in [1.54, 1.807) is 6.92 Å². The van der Waals surface area contributed by atoms with Gasteiger partial charge in [0, 0.05) is 30.6 Å². The van der Waals surface area contributed by atoms with Crippen LogP contribution >= 0.6 is 11.6 Å². The SMILES string of the molecule is CCOc1[c]cc(Cl)c(F)c1C1CN(CC(F)(F)F)C1. The average Bonchev–Trinajstić information content (AvgIpc) is 2.29. The number of halogens is 5. The van der Waals surface area contributed by atoms with Crippen molar-refractivity contribution in [1.82, 2.24) is 4.90 Å². The lowest BCUT2D eigenvalue weighted by atomic mass is 9.90. The number of nitrogens with zero attached hydrogens (tertiary/aromatic N) is 1. The van der Waals surface area contributed by atoms with E-state index in [0.29, 0.717) is 6.61 Å². The van der Waals surface area contributed by atoms with Gasteiger partial charge in [-0.1, -0.05) is 11.6 Å². The van der Waals surface area contributed by atoms with Crippen LogP contribution in [0.3, 0.4) is 0 Å². The van der Waals surface area contributed by atoms with Gasteiger partial charge in [0.1, 0.15) is 11.6 Å². The summed E-state index contributed by atoms with van der Waals surface area (Å²) in [6, 6.07) is 3.99. The van der Waals surface area contributed by atoms with E-state index in [-0.39, 0.29) is 35.3 Å². The summed E-state index contributed by atoms with van der Waals surface area (Å²) < 4.78 is 56.0. The first kappa shape index (κ1) is 15.4. The molecule has 2 rings (SSSR count). The van der Waals surface area contributed by atoms with Gasteiger partial charge in [-0.3, -0.25) is 4.90 Å². The summed E-state index contributed by atoms with van der Waals surface area (Å²) in [7, 11) is 0. The summed E-state index contributed by atoms with van der Waals surface area (Å²) in [6.45, 7) is 1.33. The van der Waals surface area contributed by atoms with Crippen LogP contribution in [0.2, 0.25) is 5.02 Å². The Morgan fingerprint density at radius 2 is 2.10 bits per heavy atom. The lowest BCUT2D eigenvalue weighted by Gasteiger charge is -2.40. The highest BCUT2D eigenvalue weighted by molar-refractivity contribution is 6.30. The molecule has 0 spiro atoms. The Kier molecular flexibility index (Phi) is 4.44. The number of likely N-dealkylation sites (tertiary alicyclic amines) is 1. The molecule has 1 aliphatic rings. The van der Waals surface area contributed by atoms with Crippen LogP contribution in [0.1, 0.15) is 18.4 Å². The Morgan fingerprint density at radius 3 is 2.65 bits per heavy atom. The van der Waals surface area contributed by atoms with Gasteiger partial charge < -0.3 is 4.74 Å². The maximum atomic E-state index is 14.0. The fraction of sp³-hybridized carbons (Fsp3) is 0.538. The highest BCUT2D eigenvalue weighted by Gasteiger charge is 2.39. The number of benzene rings is 1. The van der Waals surface area contributed by atoms with E-state index in [9.17, 15) is 17.6 Å². The zero-order chi connectivity index (χ0) is 14.9. The van der Waals surface area contributed by atoms with Crippen LogP contribution in [0.5, 0.6) is 5.75 Å². The van der Waals surface area contributed by atoms with Crippen LogP contribution in [-0.2, 0) is 0 Å². The molecule has 0 aliphatic carbocycles. The van der Waals surface area contributed by atoms with Crippen LogP contribution in [0.15, 0.2) is 6.07 Å². The van der Waals surface area contributed by atoms with Gasteiger partial charge in [-0.25, -0.2) is 4.39 Å². The summed E-state index contributed by atoms with van der Waals surface area (Å²) in [5.41, 5.74) is 0.220. The zero-order valence-electron chi connectivity index (χ0n) is 10.7. The minimum absolute atomic E-state index is 0.0993. The van der Waals surface area contributed by atoms with Crippen molar-refractivity contribution in [2.45, 2.75) is 19.0 Å². The smallest absolute Gasteiger partial charge is 0.401 e. The topological polar surface area (TPSA) is 12.5 Å². The van der Waals surface area contributed by atoms with E-state index in [2.05, 4.69) is 6.07 Å². The second kappa shape index (κ2) is 5.77. The molecule has 0 unspecified atom stereocenters. The van der Waals surface area contributed by atoms with Crippen molar-refractivity contribution in [3.05, 3.63) is 28.5 Å². The van der Waals surface area contributed by atoms with E-state index >= 15 is 0 Å². The first-order valence-corrected chi connectivity index (χ1v) is 6.51. The highest BCUT2D eigenvalue weighted by Crippen LogP contribution is 2.38. The van der Waals surface area contributed by atoms with E-state index in [1.165, 1.54) is 11.0 Å². The minimum Gasteiger partial charge on any atom is -0.493 e. The third-order valence-electron chi connectivity index (χ3n) is 3.08. The molecule has 0 N–H and O–H groups in total. The molecule has 2 nitrogen and oxygen atoms in total. The molecule has 0 saturated carbocycles. The van der Waals surface area contributed by atoms with Crippen molar-refractivity contribution < 1.29 is 22.3 Å². The number of rotatable bonds is 4. The van der Waals surface area contributed by atoms with E-state index in [0.717, 1.165) is 0 Å². The Labute approximate surface area is 119 Å². The maximum Gasteiger partial charge on any atom is 0.401 e. The van der Waals surface area contributed by atoms with Crippen LogP contribution in [0.4, 0.5) is 17.6 Å². The van der Waals surface area contributed by atoms with Gasteiger partial charge >= 0.3 is 6.18 Å². The van der Waals surface area contributed by atoms with Crippen LogP contribution < -0.4 is 4.74 Å². The lowest BCUT2D eigenvalue weighted by molar-refractivity contribution is -0.155. The third-order valence-corrected chi connectivity index (χ3v) is 3.35. The minimum atomic E-state index is -4.24. The molecule has 1 aliphatic heterocycles. The molecule has 1 aromatic carbocycles. The van der Waals surface area contributed by atoms with Crippen molar-refractivity contribution >= 4 is 11.6 Å². The van der Waals surface area contributed by atoms with Crippen molar-refractivity contribution in [3.63, 3.8) is 0 Å². The zero-order valence-corrected chi connectivity index (χ0v) is 11.5. The number of hydrogen-bond donors (Lipinski definition) is 0. The number of alkyl halides is 3. The maximum absolute atomic E-state index is 14.0. The molecule has 1 radical (unpaired) electrons. The number of hydrogen-bond acceptors (Lipinski definition) is 2. The normalized spacial score (nSPS) is 17.1. The van der Waals surface area contributed by atoms with Crippen LogP contribution in [-0.4, -0.2) is 37.3 Å². The molecule has 1 fully saturated rings. The Hall–Kier alpha value is -1.01. The molecule has 0 amide bonds. The number of ether oxygens (including phenoxy) is 1. The molecule has 20 heavy (non-hydrogen) atoms. The Balaban J connectivity index is 2.12. The van der Waals surface area contributed by atoms with Crippen molar-refractivity contribution in [2.24, 2.45) is 0 Å². The lowest BCUT2D eigenvalue weighted by Crippen LogP contribution is -2.49. The fourth-order valence-electron chi connectivity index (χ4n) is 2.26. The quantitative estimate of drug-likeness (QED) is 0.787. The van der Waals surface area contributed by atoms with Gasteiger partial charge in [0.15, 0.2) is 0 Å². The standard InChI is InChI=1S/C13H13ClF4NO/c1-2-20-10-4-3-9(14)12(15)11(10)8-5-19(6-8)7-13(16,17)18/h3,8H,2,5-7H2,1H3. The highest BCUT2D eigenvalue weighted by atomic mass is 35.5. The van der Waals surface area contributed by atoms with Gasteiger partial charge in [-0.05, 0) is 13.0 Å². The van der Waals surface area contributed by atoms with Gasteiger partial charge in [0.2, 0.25) is 0 Å². The van der Waals surface area contributed by atoms with Crippen LogP contribution in [0.25, 0.3) is 0 Å². The first-order chi connectivity index (χ1) is 9.31. The Bertz CT molecular complexity index is 486. The van der Waals surface area contributed by atoms with Gasteiger partial charge in [0.05, 0.1) is 18.2 Å². The van der Waals surface area contributed by atoms with Gasteiger partial charge in [-0.15, -0.1) is 0 Å². The van der Waals surface area contributed by atoms with E-state index < -0.39 is 18.5 Å². The van der Waals surface area contributed by atoms with E-state index in [1.807, 2.05) is 0 Å². The van der Waals surface area contributed by atoms with Crippen molar-refractivity contribution in [3.8, 4) is 5.75 Å². The fourth-order valence-corrected chi connectivity index (χ4v) is 2.42. The van der Waals surface area contributed by atoms with Crippen LogP contribution in [0, 0.1) is 11.9 Å². The summed E-state index contributed by atoms with van der Waals surface area (Å²) >= 11 is 5.70. The van der Waals surface area contributed by atoms with Crippen molar-refractivity contribution in [1.29, 1.82) is 0 Å². The third kappa shape index (κ3) is 3.35. The molecule has 0 aromatic heterocycles. The monoisotopic (exact) mass is 310 g/mol. The Morgan fingerprint density at radius 1 is 1.45 bits per heavy atom. The molecule has 111 valence electrons. The summed E-state index contributed by atoms with van der Waals surface area (Å²) in [6.07, 6.45) is -4.24. The average molecular weight is 311 g/mol. The molecule has 0 bridgehead atoms.